The number of hydrogen-bond acceptors (Lipinski definition) is 3. The Balaban J connectivity index is 1.50. The highest BCUT2D eigenvalue weighted by molar-refractivity contribution is 5.85. The van der Waals surface area contributed by atoms with Crippen LogP contribution in [0.25, 0.3) is 10.9 Å². The van der Waals surface area contributed by atoms with Gasteiger partial charge in [-0.2, -0.15) is 13.2 Å². The summed E-state index contributed by atoms with van der Waals surface area (Å²) in [7, 11) is 0. The van der Waals surface area contributed by atoms with Crippen LogP contribution in [0.15, 0.2) is 36.4 Å². The largest absolute Gasteiger partial charge is 0.401 e. The third-order valence-corrected chi connectivity index (χ3v) is 7.61. The second-order valence-corrected chi connectivity index (χ2v) is 10.3. The lowest BCUT2D eigenvalue weighted by Crippen LogP contribution is -2.48. The Bertz CT molecular complexity index is 1250. The van der Waals surface area contributed by atoms with Crippen LogP contribution in [-0.4, -0.2) is 65.0 Å². The Morgan fingerprint density at radius 3 is 2.43 bits per heavy atom. The summed E-state index contributed by atoms with van der Waals surface area (Å²) in [6.45, 7) is 1.49. The van der Waals surface area contributed by atoms with Gasteiger partial charge in [0.2, 0.25) is 0 Å². The highest BCUT2D eigenvalue weighted by atomic mass is 19.4. The quantitative estimate of drug-likeness (QED) is 0.391. The third kappa shape index (κ3) is 5.11. The maximum atomic E-state index is 15.6. The zero-order valence-electron chi connectivity index (χ0n) is 20.3. The molecule has 2 N–H and O–H groups in total. The summed E-state index contributed by atoms with van der Waals surface area (Å²) in [6.07, 6.45) is -5.24. The molecule has 0 aliphatic carbocycles. The van der Waals surface area contributed by atoms with E-state index in [1.807, 2.05) is 17.0 Å². The summed E-state index contributed by atoms with van der Waals surface area (Å²) in [4.78, 5) is 6.16. The molecule has 3 heterocycles. The van der Waals surface area contributed by atoms with Gasteiger partial charge in [-0.1, -0.05) is 18.2 Å². The highest BCUT2D eigenvalue weighted by Gasteiger charge is 2.44. The van der Waals surface area contributed by atoms with Gasteiger partial charge in [-0.15, -0.1) is 0 Å². The summed E-state index contributed by atoms with van der Waals surface area (Å²) in [5.74, 6) is -2.03. The average Bonchev–Trinajstić information content (AvgIpc) is 3.16. The van der Waals surface area contributed by atoms with Crippen molar-refractivity contribution in [3.05, 3.63) is 70.4 Å². The molecule has 1 fully saturated rings. The van der Waals surface area contributed by atoms with E-state index in [9.17, 15) is 22.7 Å². The van der Waals surface area contributed by atoms with Crippen LogP contribution in [0.1, 0.15) is 47.9 Å². The van der Waals surface area contributed by atoms with Crippen LogP contribution < -0.4 is 0 Å². The van der Waals surface area contributed by atoms with Crippen molar-refractivity contribution >= 4 is 10.9 Å². The molecule has 2 aromatic carbocycles. The molecule has 0 amide bonds. The van der Waals surface area contributed by atoms with Crippen LogP contribution in [0.2, 0.25) is 0 Å². The Labute approximate surface area is 210 Å². The molecule has 4 nitrogen and oxygen atoms in total. The van der Waals surface area contributed by atoms with Gasteiger partial charge in [0.1, 0.15) is 11.6 Å². The summed E-state index contributed by atoms with van der Waals surface area (Å²) < 4.78 is 84.6. The number of likely N-dealkylation sites (tertiary alicyclic amines) is 1. The van der Waals surface area contributed by atoms with Crippen molar-refractivity contribution in [2.24, 2.45) is 5.92 Å². The SMILES string of the molecule is C[C@@H]1Cc2c([nH]c3ccccc23)[C@@H](c2c(F)cc([C@@H](O)CCN3CC(CF)C3)cc2F)N1CC(F)(F)F. The molecule has 0 spiro atoms. The molecule has 10 heteroatoms. The topological polar surface area (TPSA) is 42.5 Å². The lowest BCUT2D eigenvalue weighted by molar-refractivity contribution is -0.155. The van der Waals surface area contributed by atoms with E-state index in [0.29, 0.717) is 37.3 Å². The monoisotopic (exact) mass is 525 g/mol. The van der Waals surface area contributed by atoms with Crippen molar-refractivity contribution in [3.63, 3.8) is 0 Å². The van der Waals surface area contributed by atoms with E-state index >= 15 is 8.78 Å². The normalized spacial score (nSPS) is 22.3. The first-order valence-corrected chi connectivity index (χ1v) is 12.4. The predicted molar refractivity (Wildman–Crippen MR) is 128 cm³/mol. The number of H-pyrrole nitrogens is 1. The summed E-state index contributed by atoms with van der Waals surface area (Å²) in [5, 5.41) is 11.4. The fourth-order valence-corrected chi connectivity index (χ4v) is 5.76. The zero-order valence-corrected chi connectivity index (χ0v) is 20.3. The lowest BCUT2D eigenvalue weighted by Gasteiger charge is -2.41. The van der Waals surface area contributed by atoms with Gasteiger partial charge in [0.25, 0.3) is 0 Å². The minimum atomic E-state index is -4.57. The Morgan fingerprint density at radius 2 is 1.78 bits per heavy atom. The number of hydrogen-bond donors (Lipinski definition) is 2. The van der Waals surface area contributed by atoms with Crippen molar-refractivity contribution in [3.8, 4) is 0 Å². The van der Waals surface area contributed by atoms with E-state index < -0.39 is 54.8 Å². The van der Waals surface area contributed by atoms with Gasteiger partial charge >= 0.3 is 6.18 Å². The molecule has 1 aromatic heterocycles. The van der Waals surface area contributed by atoms with Crippen molar-refractivity contribution < 1.29 is 31.4 Å². The Morgan fingerprint density at radius 1 is 1.11 bits per heavy atom. The van der Waals surface area contributed by atoms with E-state index in [1.165, 1.54) is 0 Å². The van der Waals surface area contributed by atoms with Gasteiger partial charge in [0, 0.05) is 53.8 Å². The van der Waals surface area contributed by atoms with Gasteiger partial charge < -0.3 is 15.0 Å². The van der Waals surface area contributed by atoms with E-state index in [1.54, 1.807) is 19.1 Å². The highest BCUT2D eigenvalue weighted by Crippen LogP contribution is 2.44. The molecule has 2 aliphatic rings. The van der Waals surface area contributed by atoms with Crippen molar-refractivity contribution in [2.75, 3.05) is 32.9 Å². The molecule has 37 heavy (non-hydrogen) atoms. The van der Waals surface area contributed by atoms with Crippen LogP contribution in [0.5, 0.6) is 0 Å². The molecule has 5 rings (SSSR count). The lowest BCUT2D eigenvalue weighted by atomic mass is 9.87. The van der Waals surface area contributed by atoms with Crippen molar-refractivity contribution in [1.82, 2.24) is 14.8 Å². The van der Waals surface area contributed by atoms with Crippen LogP contribution in [0.3, 0.4) is 0 Å². The molecular weight excluding hydrogens is 496 g/mol. The Hall–Kier alpha value is -2.56. The third-order valence-electron chi connectivity index (χ3n) is 7.61. The van der Waals surface area contributed by atoms with Crippen LogP contribution in [-0.2, 0) is 6.42 Å². The first-order chi connectivity index (χ1) is 17.6. The fraction of sp³-hybridized carbons (Fsp3) is 0.481. The first-order valence-electron chi connectivity index (χ1n) is 12.4. The fourth-order valence-electron chi connectivity index (χ4n) is 5.76. The minimum absolute atomic E-state index is 0.0154. The molecule has 1 saturated heterocycles. The van der Waals surface area contributed by atoms with E-state index in [4.69, 9.17) is 0 Å². The number of aromatic amines is 1. The van der Waals surface area contributed by atoms with Gasteiger partial charge in [0.15, 0.2) is 0 Å². The minimum Gasteiger partial charge on any atom is -0.388 e. The second kappa shape index (κ2) is 9.96. The summed E-state index contributed by atoms with van der Waals surface area (Å²) in [6, 6.07) is 7.29. The second-order valence-electron chi connectivity index (χ2n) is 10.3. The summed E-state index contributed by atoms with van der Waals surface area (Å²) >= 11 is 0. The number of rotatable bonds is 7. The molecule has 2 aliphatic heterocycles. The number of benzene rings is 2. The smallest absolute Gasteiger partial charge is 0.388 e. The molecular formula is C27H29F6N3O. The van der Waals surface area contributed by atoms with Gasteiger partial charge in [-0.05, 0) is 49.1 Å². The predicted octanol–water partition coefficient (Wildman–Crippen LogP) is 5.67. The number of halogens is 6. The van der Waals surface area contributed by atoms with E-state index in [2.05, 4.69) is 4.98 Å². The molecule has 0 radical (unpaired) electrons. The maximum Gasteiger partial charge on any atom is 0.401 e. The first kappa shape index (κ1) is 26.1. The molecule has 3 atom stereocenters. The van der Waals surface area contributed by atoms with Crippen LogP contribution >= 0.6 is 0 Å². The van der Waals surface area contributed by atoms with Gasteiger partial charge in [0.05, 0.1) is 25.4 Å². The number of aliphatic hydroxyl groups excluding tert-OH is 1. The van der Waals surface area contributed by atoms with E-state index in [0.717, 1.165) is 28.0 Å². The van der Waals surface area contributed by atoms with Crippen molar-refractivity contribution in [2.45, 2.75) is 44.1 Å². The number of fused-ring (bicyclic) bond motifs is 3. The Kier molecular flexibility index (Phi) is 7.02. The number of alkyl halides is 4. The number of para-hydroxylation sites is 1. The van der Waals surface area contributed by atoms with Crippen molar-refractivity contribution in [1.29, 1.82) is 0 Å². The van der Waals surface area contributed by atoms with Crippen LogP contribution in [0, 0.1) is 17.6 Å². The van der Waals surface area contributed by atoms with Gasteiger partial charge in [-0.25, -0.2) is 8.78 Å². The average molecular weight is 526 g/mol. The van der Waals surface area contributed by atoms with Gasteiger partial charge in [-0.3, -0.25) is 9.29 Å². The maximum absolute atomic E-state index is 15.6. The number of aromatic nitrogens is 1. The molecule has 0 bridgehead atoms. The molecule has 3 aromatic rings. The molecule has 0 saturated carbocycles. The summed E-state index contributed by atoms with van der Waals surface area (Å²) in [5.41, 5.74) is 1.32. The number of aliphatic hydroxyl groups is 1. The zero-order chi connectivity index (χ0) is 26.5. The number of nitrogens with zero attached hydrogens (tertiary/aromatic N) is 2. The van der Waals surface area contributed by atoms with E-state index in [-0.39, 0.29) is 17.9 Å². The molecule has 200 valence electrons. The molecule has 0 unspecified atom stereocenters. The van der Waals surface area contributed by atoms with Crippen LogP contribution in [0.4, 0.5) is 26.3 Å². The standard InChI is InChI=1S/C27H29F6N3O/c1-15-8-19-18-4-2-3-5-22(18)34-25(19)26(36(15)14-27(31,32)33)24-20(29)9-17(10-21(24)30)23(37)6-7-35-12-16(11-28)13-35/h2-5,9-10,15-16,23,26,34,37H,6-8,11-14H2,1H3/t15-,23+,26-/m1/s1. The number of nitrogens with one attached hydrogen (secondary N) is 1.